The van der Waals surface area contributed by atoms with Crippen LogP contribution in [-0.2, 0) is 6.54 Å². The Bertz CT molecular complexity index is 1140. The van der Waals surface area contributed by atoms with Crippen molar-refractivity contribution in [2.75, 3.05) is 31.1 Å². The van der Waals surface area contributed by atoms with Gasteiger partial charge in [0.2, 0.25) is 17.7 Å². The number of rotatable bonds is 5. The van der Waals surface area contributed by atoms with Crippen molar-refractivity contribution < 1.29 is 4.52 Å². The summed E-state index contributed by atoms with van der Waals surface area (Å²) in [7, 11) is 0. The average Bonchev–Trinajstić information content (AvgIpc) is 3.14. The van der Waals surface area contributed by atoms with Gasteiger partial charge in [-0.25, -0.2) is 9.97 Å². The van der Waals surface area contributed by atoms with Gasteiger partial charge in [-0.05, 0) is 29.2 Å². The smallest absolute Gasteiger partial charge is 0.225 e. The van der Waals surface area contributed by atoms with Crippen molar-refractivity contribution in [3.8, 4) is 22.5 Å². The molecule has 5 rings (SSSR count). The number of benzene rings is 2. The van der Waals surface area contributed by atoms with Crippen molar-refractivity contribution >= 4 is 5.95 Å². The standard InChI is InChI=1S/C25H26N6O/c1-19-28-24(29-32-19)23-10-8-22(9-11-23)21-6-4-20(5-7-21)18-30-14-3-15-31(17-16-30)25-26-12-2-13-27-25/h2,4-13H,3,14-18H2,1H3. The zero-order valence-corrected chi connectivity index (χ0v) is 18.2. The van der Waals surface area contributed by atoms with Gasteiger partial charge >= 0.3 is 0 Å². The van der Waals surface area contributed by atoms with Crippen molar-refractivity contribution in [3.05, 3.63) is 78.4 Å². The Kier molecular flexibility index (Phi) is 5.89. The van der Waals surface area contributed by atoms with Crippen LogP contribution in [0.5, 0.6) is 0 Å². The van der Waals surface area contributed by atoms with E-state index in [2.05, 4.69) is 66.3 Å². The van der Waals surface area contributed by atoms with Crippen molar-refractivity contribution in [1.82, 2.24) is 25.0 Å². The lowest BCUT2D eigenvalue weighted by Crippen LogP contribution is -2.31. The van der Waals surface area contributed by atoms with Crippen molar-refractivity contribution in [2.24, 2.45) is 0 Å². The topological polar surface area (TPSA) is 71.2 Å². The van der Waals surface area contributed by atoms with Gasteiger partial charge in [-0.15, -0.1) is 0 Å². The summed E-state index contributed by atoms with van der Waals surface area (Å²) in [5.74, 6) is 2.03. The average molecular weight is 427 g/mol. The Morgan fingerprint density at radius 3 is 2.19 bits per heavy atom. The van der Waals surface area contributed by atoms with E-state index in [1.54, 1.807) is 6.92 Å². The highest BCUT2D eigenvalue weighted by molar-refractivity contribution is 5.67. The highest BCUT2D eigenvalue weighted by Gasteiger charge is 2.17. The molecule has 1 aliphatic heterocycles. The predicted molar refractivity (Wildman–Crippen MR) is 124 cm³/mol. The highest BCUT2D eigenvalue weighted by Crippen LogP contribution is 2.24. The third-order valence-electron chi connectivity index (χ3n) is 5.79. The quantitative estimate of drug-likeness (QED) is 0.473. The van der Waals surface area contributed by atoms with E-state index in [1.807, 2.05) is 30.6 Å². The van der Waals surface area contributed by atoms with E-state index in [0.29, 0.717) is 11.7 Å². The zero-order chi connectivity index (χ0) is 21.8. The summed E-state index contributed by atoms with van der Waals surface area (Å²) in [4.78, 5) is 17.9. The largest absolute Gasteiger partial charge is 0.339 e. The Morgan fingerprint density at radius 1 is 0.812 bits per heavy atom. The van der Waals surface area contributed by atoms with Crippen molar-refractivity contribution in [1.29, 1.82) is 0 Å². The van der Waals surface area contributed by atoms with Gasteiger partial charge in [0.1, 0.15) is 0 Å². The van der Waals surface area contributed by atoms with Crippen LogP contribution in [0.15, 0.2) is 71.5 Å². The number of anilines is 1. The molecule has 0 radical (unpaired) electrons. The van der Waals surface area contributed by atoms with Gasteiger partial charge in [0, 0.05) is 57.6 Å². The Balaban J connectivity index is 1.20. The molecule has 162 valence electrons. The number of hydrogen-bond donors (Lipinski definition) is 0. The second kappa shape index (κ2) is 9.28. The molecule has 0 aliphatic carbocycles. The van der Waals surface area contributed by atoms with E-state index < -0.39 is 0 Å². The maximum Gasteiger partial charge on any atom is 0.225 e. The second-order valence-corrected chi connectivity index (χ2v) is 8.08. The molecule has 0 saturated carbocycles. The van der Waals surface area contributed by atoms with Crippen LogP contribution in [0.1, 0.15) is 17.9 Å². The maximum absolute atomic E-state index is 5.07. The first-order valence-corrected chi connectivity index (χ1v) is 11.0. The fraction of sp³-hybridized carbons (Fsp3) is 0.280. The fourth-order valence-electron chi connectivity index (χ4n) is 4.07. The monoisotopic (exact) mass is 426 g/mol. The van der Waals surface area contributed by atoms with E-state index in [0.717, 1.165) is 50.7 Å². The second-order valence-electron chi connectivity index (χ2n) is 8.08. The molecule has 0 bridgehead atoms. The minimum atomic E-state index is 0.574. The molecule has 0 N–H and O–H groups in total. The van der Waals surface area contributed by atoms with Gasteiger partial charge in [-0.2, -0.15) is 4.98 Å². The Morgan fingerprint density at radius 2 is 1.50 bits per heavy atom. The molecule has 7 heteroatoms. The van der Waals surface area contributed by atoms with Crippen LogP contribution < -0.4 is 4.90 Å². The lowest BCUT2D eigenvalue weighted by Gasteiger charge is -2.22. The molecule has 1 aliphatic rings. The van der Waals surface area contributed by atoms with Crippen LogP contribution in [0.2, 0.25) is 0 Å². The summed E-state index contributed by atoms with van der Waals surface area (Å²) >= 11 is 0. The van der Waals surface area contributed by atoms with E-state index in [9.17, 15) is 0 Å². The van der Waals surface area contributed by atoms with Crippen LogP contribution in [-0.4, -0.2) is 51.2 Å². The van der Waals surface area contributed by atoms with Crippen LogP contribution in [0.25, 0.3) is 22.5 Å². The zero-order valence-electron chi connectivity index (χ0n) is 18.2. The first-order valence-electron chi connectivity index (χ1n) is 11.0. The van der Waals surface area contributed by atoms with E-state index >= 15 is 0 Å². The molecule has 0 atom stereocenters. The lowest BCUT2D eigenvalue weighted by molar-refractivity contribution is 0.285. The molecular formula is C25H26N6O. The third-order valence-corrected chi connectivity index (χ3v) is 5.79. The van der Waals surface area contributed by atoms with Crippen LogP contribution in [0.4, 0.5) is 5.95 Å². The van der Waals surface area contributed by atoms with Crippen LogP contribution in [0, 0.1) is 6.92 Å². The third kappa shape index (κ3) is 4.68. The molecule has 0 unspecified atom stereocenters. The summed E-state index contributed by atoms with van der Waals surface area (Å²) in [6.45, 7) is 6.80. The fourth-order valence-corrected chi connectivity index (χ4v) is 4.07. The SMILES string of the molecule is Cc1nc(-c2ccc(-c3ccc(CN4CCCN(c5ncccn5)CC4)cc3)cc2)no1. The molecule has 1 saturated heterocycles. The molecule has 3 heterocycles. The Labute approximate surface area is 187 Å². The molecule has 2 aromatic heterocycles. The van der Waals surface area contributed by atoms with Gasteiger partial charge in [-0.3, -0.25) is 4.90 Å². The maximum atomic E-state index is 5.07. The van der Waals surface area contributed by atoms with Crippen LogP contribution in [0.3, 0.4) is 0 Å². The van der Waals surface area contributed by atoms with E-state index in [1.165, 1.54) is 16.7 Å². The lowest BCUT2D eigenvalue weighted by atomic mass is 10.0. The minimum Gasteiger partial charge on any atom is -0.339 e. The normalized spacial score (nSPS) is 15.0. The highest BCUT2D eigenvalue weighted by atomic mass is 16.5. The van der Waals surface area contributed by atoms with E-state index in [-0.39, 0.29) is 0 Å². The molecule has 1 fully saturated rings. The van der Waals surface area contributed by atoms with Crippen molar-refractivity contribution in [3.63, 3.8) is 0 Å². The summed E-state index contributed by atoms with van der Waals surface area (Å²) in [5.41, 5.74) is 4.66. The first-order chi connectivity index (χ1) is 15.7. The van der Waals surface area contributed by atoms with E-state index in [4.69, 9.17) is 4.52 Å². The van der Waals surface area contributed by atoms with Gasteiger partial charge in [-0.1, -0.05) is 53.7 Å². The van der Waals surface area contributed by atoms with Gasteiger partial charge < -0.3 is 9.42 Å². The Hall–Kier alpha value is -3.58. The number of hydrogen-bond acceptors (Lipinski definition) is 7. The molecule has 4 aromatic rings. The molecule has 2 aromatic carbocycles. The number of aromatic nitrogens is 4. The van der Waals surface area contributed by atoms with Gasteiger partial charge in [0.15, 0.2) is 0 Å². The molecular weight excluding hydrogens is 400 g/mol. The van der Waals surface area contributed by atoms with Gasteiger partial charge in [0.25, 0.3) is 0 Å². The molecule has 0 spiro atoms. The first kappa shape index (κ1) is 20.3. The number of aryl methyl sites for hydroxylation is 1. The predicted octanol–water partition coefficient (Wildman–Crippen LogP) is 4.21. The number of nitrogens with zero attached hydrogens (tertiary/aromatic N) is 6. The summed E-state index contributed by atoms with van der Waals surface area (Å²) in [6.07, 6.45) is 4.74. The van der Waals surface area contributed by atoms with Crippen molar-refractivity contribution in [2.45, 2.75) is 19.9 Å². The molecule has 0 amide bonds. The summed E-state index contributed by atoms with van der Waals surface area (Å²) in [6, 6.07) is 19.0. The van der Waals surface area contributed by atoms with Gasteiger partial charge in [0.05, 0.1) is 0 Å². The minimum absolute atomic E-state index is 0.574. The van der Waals surface area contributed by atoms with Crippen LogP contribution >= 0.6 is 0 Å². The molecule has 32 heavy (non-hydrogen) atoms. The molecule has 7 nitrogen and oxygen atoms in total. The summed E-state index contributed by atoms with van der Waals surface area (Å²) < 4.78 is 5.07. The summed E-state index contributed by atoms with van der Waals surface area (Å²) in [5, 5.41) is 3.98.